The third-order valence-electron chi connectivity index (χ3n) is 6.61. The lowest BCUT2D eigenvalue weighted by Crippen LogP contribution is -2.44. The van der Waals surface area contributed by atoms with E-state index in [1.165, 1.54) is 12.3 Å². The van der Waals surface area contributed by atoms with Crippen molar-refractivity contribution < 1.29 is 9.50 Å². The second kappa shape index (κ2) is 8.67. The average Bonchev–Trinajstić information content (AvgIpc) is 3.55. The minimum Gasteiger partial charge on any atom is -0.504 e. The van der Waals surface area contributed by atoms with Crippen molar-refractivity contribution in [3.05, 3.63) is 33.9 Å². The molecule has 10 heteroatoms. The Labute approximate surface area is 191 Å². The number of likely N-dealkylation sites (N-methyl/N-ethyl adjacent to an activating group) is 1. The number of hydrogen-bond donors (Lipinski definition) is 3. The molecule has 172 valence electrons. The number of phenols is 1. The van der Waals surface area contributed by atoms with Gasteiger partial charge in [-0.3, -0.25) is 9.79 Å². The summed E-state index contributed by atoms with van der Waals surface area (Å²) in [7, 11) is 2.02. The molecule has 1 saturated heterocycles. The molecule has 0 spiro atoms. The number of nitrogens with zero attached hydrogens (tertiary/aromatic N) is 4. The highest BCUT2D eigenvalue weighted by Gasteiger charge is 2.44. The van der Waals surface area contributed by atoms with Crippen LogP contribution in [0.2, 0.25) is 0 Å². The van der Waals surface area contributed by atoms with E-state index in [2.05, 4.69) is 22.1 Å². The Hall–Kier alpha value is -2.72. The van der Waals surface area contributed by atoms with Crippen LogP contribution in [0.25, 0.3) is 10.9 Å². The van der Waals surface area contributed by atoms with Crippen molar-refractivity contribution in [1.82, 2.24) is 14.8 Å². The predicted octanol–water partition coefficient (Wildman–Crippen LogP) is 1.71. The predicted molar refractivity (Wildman–Crippen MR) is 129 cm³/mol. The van der Waals surface area contributed by atoms with E-state index in [9.17, 15) is 9.90 Å². The van der Waals surface area contributed by atoms with Crippen LogP contribution in [0.5, 0.6) is 5.75 Å². The summed E-state index contributed by atoms with van der Waals surface area (Å²) in [5, 5.41) is 14.3. The quantitative estimate of drug-likeness (QED) is 0.446. The van der Waals surface area contributed by atoms with Crippen molar-refractivity contribution in [2.45, 2.75) is 31.7 Å². The molecule has 2 fully saturated rings. The van der Waals surface area contributed by atoms with Gasteiger partial charge in [-0.05, 0) is 44.6 Å². The number of rotatable bonds is 6. The Morgan fingerprint density at radius 1 is 1.38 bits per heavy atom. The number of halogens is 1. The molecule has 2 aliphatic rings. The first-order valence-electron chi connectivity index (χ1n) is 10.9. The lowest BCUT2D eigenvalue weighted by molar-refractivity contribution is 0.310. The summed E-state index contributed by atoms with van der Waals surface area (Å²) in [5.74, 6) is -0.756. The van der Waals surface area contributed by atoms with E-state index in [1.807, 2.05) is 16.5 Å². The van der Waals surface area contributed by atoms with Gasteiger partial charge >= 0.3 is 0 Å². The van der Waals surface area contributed by atoms with Gasteiger partial charge in [-0.1, -0.05) is 6.92 Å². The standard InChI is InChI=1S/C22H29FN6O2S/c1-3-22(4-5-22)29-12-14(11-25-13-26-21(24)32)19(30)15-10-16(23)18(20(31)17(15)29)28-8-6-27(2)7-9-28/h10-12,31H,3-9,13H2,1-2H3,(H3,24,26,32). The van der Waals surface area contributed by atoms with Crippen LogP contribution in [0.15, 0.2) is 22.1 Å². The van der Waals surface area contributed by atoms with Crippen LogP contribution in [0.3, 0.4) is 0 Å². The maximum Gasteiger partial charge on any atom is 0.198 e. The minimum atomic E-state index is -0.589. The number of anilines is 1. The molecular weight excluding hydrogens is 431 g/mol. The highest BCUT2D eigenvalue weighted by atomic mass is 32.1. The van der Waals surface area contributed by atoms with Crippen LogP contribution >= 0.6 is 12.2 Å². The summed E-state index contributed by atoms with van der Waals surface area (Å²) in [6.45, 7) is 4.98. The molecule has 0 unspecified atom stereocenters. The molecule has 8 nitrogen and oxygen atoms in total. The summed E-state index contributed by atoms with van der Waals surface area (Å²) >= 11 is 4.76. The molecule has 0 bridgehead atoms. The van der Waals surface area contributed by atoms with Gasteiger partial charge in [0.2, 0.25) is 0 Å². The first-order valence-corrected chi connectivity index (χ1v) is 11.3. The Bertz CT molecular complexity index is 1140. The van der Waals surface area contributed by atoms with Crippen LogP contribution < -0.4 is 21.4 Å². The van der Waals surface area contributed by atoms with E-state index in [0.717, 1.165) is 32.4 Å². The van der Waals surface area contributed by atoms with E-state index in [-0.39, 0.29) is 39.6 Å². The first-order chi connectivity index (χ1) is 15.3. The van der Waals surface area contributed by atoms with Crippen molar-refractivity contribution in [1.29, 1.82) is 0 Å². The Kier molecular flexibility index (Phi) is 6.09. The Morgan fingerprint density at radius 3 is 2.66 bits per heavy atom. The van der Waals surface area contributed by atoms with Crippen LogP contribution in [0, 0.1) is 5.82 Å². The van der Waals surface area contributed by atoms with Gasteiger partial charge in [0.05, 0.1) is 16.5 Å². The number of phenolic OH excluding ortho intramolecular Hbond substituents is 1. The fourth-order valence-corrected chi connectivity index (χ4v) is 4.49. The zero-order valence-electron chi connectivity index (χ0n) is 18.4. The highest BCUT2D eigenvalue weighted by molar-refractivity contribution is 7.80. The summed E-state index contributed by atoms with van der Waals surface area (Å²) < 4.78 is 17.2. The van der Waals surface area contributed by atoms with Crippen molar-refractivity contribution in [3.63, 3.8) is 0 Å². The summed E-state index contributed by atoms with van der Waals surface area (Å²) in [6.07, 6.45) is 5.88. The van der Waals surface area contributed by atoms with Crippen LogP contribution in [-0.2, 0) is 5.54 Å². The zero-order valence-corrected chi connectivity index (χ0v) is 19.2. The lowest BCUT2D eigenvalue weighted by Gasteiger charge is -2.35. The van der Waals surface area contributed by atoms with Crippen molar-refractivity contribution in [2.75, 3.05) is 44.8 Å². The highest BCUT2D eigenvalue weighted by Crippen LogP contribution is 2.50. The van der Waals surface area contributed by atoms with E-state index >= 15 is 4.39 Å². The molecule has 0 atom stereocenters. The maximum atomic E-state index is 15.3. The average molecular weight is 461 g/mol. The lowest BCUT2D eigenvalue weighted by atomic mass is 10.1. The normalized spacial score (nSPS) is 18.4. The van der Waals surface area contributed by atoms with E-state index < -0.39 is 5.82 Å². The summed E-state index contributed by atoms with van der Waals surface area (Å²) in [6, 6.07) is 1.26. The Morgan fingerprint density at radius 2 is 2.06 bits per heavy atom. The van der Waals surface area contributed by atoms with Crippen molar-refractivity contribution in [2.24, 2.45) is 10.7 Å². The summed E-state index contributed by atoms with van der Waals surface area (Å²) in [5.41, 5.74) is 5.73. The molecular formula is C22H29FN6O2S. The smallest absolute Gasteiger partial charge is 0.198 e. The third-order valence-corrected chi connectivity index (χ3v) is 6.75. The maximum absolute atomic E-state index is 15.3. The second-order valence-corrected chi connectivity index (χ2v) is 9.05. The number of benzene rings is 1. The fourth-order valence-electron chi connectivity index (χ4n) is 4.42. The number of aromatic nitrogens is 1. The van der Waals surface area contributed by atoms with Gasteiger partial charge in [0.1, 0.15) is 12.4 Å². The number of nitrogens with two attached hydrogens (primary N) is 1. The minimum absolute atomic E-state index is 0.115. The molecule has 1 aliphatic carbocycles. The first kappa shape index (κ1) is 22.5. The Balaban J connectivity index is 1.87. The van der Waals surface area contributed by atoms with E-state index in [1.54, 1.807) is 6.20 Å². The van der Waals surface area contributed by atoms with E-state index in [4.69, 9.17) is 18.0 Å². The topological polar surface area (TPSA) is 99.1 Å². The van der Waals surface area contributed by atoms with Gasteiger partial charge < -0.3 is 30.5 Å². The zero-order chi connectivity index (χ0) is 23.0. The molecule has 1 saturated carbocycles. The molecule has 1 aromatic heterocycles. The number of aliphatic imine (C=N–C) groups is 1. The SMILES string of the molecule is CCC1(n2cc(C=NCNC(N)=S)c(=O)c3cc(F)c(N4CCN(C)CC4)c(O)c32)CC1. The van der Waals surface area contributed by atoms with Gasteiger partial charge in [0.25, 0.3) is 0 Å². The number of thiocarbonyl (C=S) groups is 1. The number of nitrogens with one attached hydrogen (secondary N) is 1. The van der Waals surface area contributed by atoms with Crippen LogP contribution in [0.1, 0.15) is 31.7 Å². The van der Waals surface area contributed by atoms with Crippen molar-refractivity contribution >= 4 is 40.1 Å². The monoisotopic (exact) mass is 460 g/mol. The fraction of sp³-hybridized carbons (Fsp3) is 0.500. The number of piperazine rings is 1. The van der Waals surface area contributed by atoms with Crippen molar-refractivity contribution in [3.8, 4) is 5.75 Å². The third kappa shape index (κ3) is 4.04. The molecule has 4 rings (SSSR count). The van der Waals surface area contributed by atoms with Crippen LogP contribution in [-0.4, -0.2) is 65.8 Å². The molecule has 2 aromatic rings. The molecule has 32 heavy (non-hydrogen) atoms. The second-order valence-electron chi connectivity index (χ2n) is 8.61. The van der Waals surface area contributed by atoms with Gasteiger partial charge in [0, 0.05) is 44.1 Å². The number of pyridine rings is 1. The molecule has 0 radical (unpaired) electrons. The van der Waals surface area contributed by atoms with Gasteiger partial charge in [-0.2, -0.15) is 0 Å². The molecule has 1 aliphatic heterocycles. The largest absolute Gasteiger partial charge is 0.504 e. The molecule has 0 amide bonds. The number of fused-ring (bicyclic) bond motifs is 1. The number of hydrogen-bond acceptors (Lipinski definition) is 6. The van der Waals surface area contributed by atoms with E-state index in [0.29, 0.717) is 24.2 Å². The summed E-state index contributed by atoms with van der Waals surface area (Å²) in [4.78, 5) is 21.4. The molecule has 1 aromatic carbocycles. The van der Waals surface area contributed by atoms with Gasteiger partial charge in [0.15, 0.2) is 22.1 Å². The molecule has 4 N–H and O–H groups in total. The van der Waals surface area contributed by atoms with Crippen LogP contribution in [0.4, 0.5) is 10.1 Å². The number of aromatic hydroxyl groups is 1. The van der Waals surface area contributed by atoms with Gasteiger partial charge in [-0.15, -0.1) is 0 Å². The van der Waals surface area contributed by atoms with Gasteiger partial charge in [-0.25, -0.2) is 4.39 Å². The molecule has 2 heterocycles.